The summed E-state index contributed by atoms with van der Waals surface area (Å²) in [7, 11) is 0. The van der Waals surface area contributed by atoms with Gasteiger partial charge in [-0.2, -0.15) is 17.6 Å². The zero-order valence-corrected chi connectivity index (χ0v) is 18.4. The Hall–Kier alpha value is -2.57. The highest BCUT2D eigenvalue weighted by molar-refractivity contribution is 8.26. The number of nitrogens with zero attached hydrogens (tertiary/aromatic N) is 1. The average Bonchev–Trinajstić information content (AvgIpc) is 2.97. The SMILES string of the molecule is O=C(CN1C(=O)/C(=C/c2ccccc2OC(F)F)SC1=S)Nc1ccc(SC(F)F)cc1. The maximum atomic E-state index is 12.7. The monoisotopic (exact) mass is 502 g/mol. The summed E-state index contributed by atoms with van der Waals surface area (Å²) in [5.41, 5.74) is 0.632. The van der Waals surface area contributed by atoms with Gasteiger partial charge in [-0.25, -0.2) is 0 Å². The lowest BCUT2D eigenvalue weighted by molar-refractivity contribution is -0.126. The number of halogens is 4. The Morgan fingerprint density at radius 2 is 1.84 bits per heavy atom. The summed E-state index contributed by atoms with van der Waals surface area (Å²) in [5, 5.41) is 2.56. The van der Waals surface area contributed by atoms with Crippen LogP contribution in [0.15, 0.2) is 58.3 Å². The molecule has 3 rings (SSSR count). The highest BCUT2D eigenvalue weighted by Gasteiger charge is 2.33. The van der Waals surface area contributed by atoms with Crippen LogP contribution in [0, 0.1) is 0 Å². The molecule has 0 saturated carbocycles. The lowest BCUT2D eigenvalue weighted by Crippen LogP contribution is -2.36. The molecular formula is C20H14F4N2O3S3. The van der Waals surface area contributed by atoms with Crippen molar-refractivity contribution in [1.82, 2.24) is 4.90 Å². The first-order valence-corrected chi connectivity index (χ1v) is 11.0. The molecule has 0 spiro atoms. The van der Waals surface area contributed by atoms with Crippen molar-refractivity contribution in [2.75, 3.05) is 11.9 Å². The number of rotatable bonds is 8. The van der Waals surface area contributed by atoms with E-state index in [4.69, 9.17) is 12.2 Å². The Morgan fingerprint density at radius 1 is 1.16 bits per heavy atom. The predicted molar refractivity (Wildman–Crippen MR) is 120 cm³/mol. The summed E-state index contributed by atoms with van der Waals surface area (Å²) >= 11 is 6.49. The zero-order chi connectivity index (χ0) is 23.3. The second-order valence-corrected chi connectivity index (χ2v) is 8.87. The van der Waals surface area contributed by atoms with Gasteiger partial charge in [0.1, 0.15) is 16.6 Å². The molecule has 2 aromatic carbocycles. The number of amides is 2. The van der Waals surface area contributed by atoms with E-state index in [2.05, 4.69) is 10.1 Å². The minimum Gasteiger partial charge on any atom is -0.434 e. The number of alkyl halides is 4. The molecule has 1 fully saturated rings. The fourth-order valence-corrected chi connectivity index (χ4v) is 4.39. The molecule has 2 aromatic rings. The lowest BCUT2D eigenvalue weighted by atomic mass is 10.2. The maximum absolute atomic E-state index is 12.7. The van der Waals surface area contributed by atoms with Crippen molar-refractivity contribution in [2.24, 2.45) is 0 Å². The van der Waals surface area contributed by atoms with Crippen molar-refractivity contribution >= 4 is 63.6 Å². The second kappa shape index (κ2) is 10.8. The van der Waals surface area contributed by atoms with Crippen molar-refractivity contribution in [3.05, 3.63) is 59.0 Å². The number of hydrogen-bond acceptors (Lipinski definition) is 6. The number of carbonyl (C=O) groups is 2. The molecule has 168 valence electrons. The Bertz CT molecular complexity index is 1050. The first-order chi connectivity index (χ1) is 15.2. The molecule has 2 amide bonds. The largest absolute Gasteiger partial charge is 0.434 e. The summed E-state index contributed by atoms with van der Waals surface area (Å²) in [6, 6.07) is 11.8. The second-order valence-electron chi connectivity index (χ2n) is 6.14. The normalized spacial score (nSPS) is 15.2. The molecule has 0 unspecified atom stereocenters. The molecule has 0 aromatic heterocycles. The molecule has 1 heterocycles. The van der Waals surface area contributed by atoms with Crippen LogP contribution in [0.1, 0.15) is 5.56 Å². The van der Waals surface area contributed by atoms with Gasteiger partial charge in [-0.1, -0.05) is 53.9 Å². The number of thiocarbonyl (C=S) groups is 1. The maximum Gasteiger partial charge on any atom is 0.387 e. The summed E-state index contributed by atoms with van der Waals surface area (Å²) in [5.74, 6) is -3.74. The van der Waals surface area contributed by atoms with Crippen LogP contribution in [0.2, 0.25) is 0 Å². The molecule has 5 nitrogen and oxygen atoms in total. The van der Waals surface area contributed by atoms with E-state index >= 15 is 0 Å². The van der Waals surface area contributed by atoms with Gasteiger partial charge in [0.15, 0.2) is 0 Å². The number of hydrogen-bond donors (Lipinski definition) is 1. The number of ether oxygens (including phenoxy) is 1. The molecule has 0 radical (unpaired) electrons. The van der Waals surface area contributed by atoms with Gasteiger partial charge in [0.2, 0.25) is 5.91 Å². The fourth-order valence-electron chi connectivity index (χ4n) is 2.64. The van der Waals surface area contributed by atoms with E-state index in [-0.39, 0.29) is 27.1 Å². The molecule has 0 bridgehead atoms. The van der Waals surface area contributed by atoms with Gasteiger partial charge < -0.3 is 10.1 Å². The van der Waals surface area contributed by atoms with Crippen molar-refractivity contribution in [2.45, 2.75) is 17.3 Å². The van der Waals surface area contributed by atoms with Crippen LogP contribution in [-0.2, 0) is 9.59 Å². The number of carbonyl (C=O) groups excluding carboxylic acids is 2. The predicted octanol–water partition coefficient (Wildman–Crippen LogP) is 5.44. The highest BCUT2D eigenvalue weighted by Crippen LogP contribution is 2.34. The standard InChI is InChI=1S/C20H14F4N2O3S3/c21-18(22)29-14-4-2-1-3-11(14)9-15-17(28)26(20(30)32-15)10-16(27)25-12-5-7-13(8-6-12)31-19(23)24/h1-9,18-19H,10H2,(H,25,27)/b15-9-. The third-order valence-corrected chi connectivity index (χ3v) is 6.06. The molecule has 0 atom stereocenters. The summed E-state index contributed by atoms with van der Waals surface area (Å²) in [6.07, 6.45) is 1.37. The summed E-state index contributed by atoms with van der Waals surface area (Å²) in [4.78, 5) is 26.6. The molecule has 0 aliphatic carbocycles. The quantitative estimate of drug-likeness (QED) is 0.225. The minimum atomic E-state index is -3.02. The van der Waals surface area contributed by atoms with E-state index in [1.54, 1.807) is 6.07 Å². The summed E-state index contributed by atoms with van der Waals surface area (Å²) in [6.45, 7) is -3.39. The topological polar surface area (TPSA) is 58.6 Å². The summed E-state index contributed by atoms with van der Waals surface area (Å²) < 4.78 is 54.5. The lowest BCUT2D eigenvalue weighted by Gasteiger charge is -2.14. The first-order valence-electron chi connectivity index (χ1n) is 8.87. The molecule has 1 saturated heterocycles. The van der Waals surface area contributed by atoms with E-state index in [1.807, 2.05) is 0 Å². The molecule has 1 aliphatic rings. The van der Waals surface area contributed by atoms with Crippen LogP contribution >= 0.6 is 35.7 Å². The van der Waals surface area contributed by atoms with Crippen molar-refractivity contribution < 1.29 is 31.9 Å². The van der Waals surface area contributed by atoms with E-state index in [0.29, 0.717) is 22.3 Å². The van der Waals surface area contributed by atoms with Crippen molar-refractivity contribution in [3.63, 3.8) is 0 Å². The third kappa shape index (κ3) is 6.47. The van der Waals surface area contributed by atoms with Gasteiger partial charge in [0.25, 0.3) is 11.7 Å². The van der Waals surface area contributed by atoms with Crippen LogP contribution in [0.5, 0.6) is 5.75 Å². The van der Waals surface area contributed by atoms with Crippen molar-refractivity contribution in [1.29, 1.82) is 0 Å². The Balaban J connectivity index is 1.66. The smallest absolute Gasteiger partial charge is 0.387 e. The van der Waals surface area contributed by atoms with Crippen LogP contribution in [0.4, 0.5) is 23.2 Å². The zero-order valence-electron chi connectivity index (χ0n) is 16.0. The van der Waals surface area contributed by atoms with Gasteiger partial charge >= 0.3 is 6.61 Å². The molecule has 32 heavy (non-hydrogen) atoms. The van der Waals surface area contributed by atoms with E-state index in [9.17, 15) is 27.2 Å². The number of nitrogens with one attached hydrogen (secondary N) is 1. The minimum absolute atomic E-state index is 0.0982. The van der Waals surface area contributed by atoms with Gasteiger partial charge in [-0.3, -0.25) is 14.5 Å². The van der Waals surface area contributed by atoms with E-state index in [1.165, 1.54) is 48.5 Å². The van der Waals surface area contributed by atoms with Crippen LogP contribution < -0.4 is 10.1 Å². The van der Waals surface area contributed by atoms with Gasteiger partial charge in [0, 0.05) is 16.1 Å². The Morgan fingerprint density at radius 3 is 2.50 bits per heavy atom. The first kappa shape index (κ1) is 24.1. The van der Waals surface area contributed by atoms with Crippen LogP contribution in [-0.4, -0.2) is 39.9 Å². The molecular weight excluding hydrogens is 488 g/mol. The molecule has 12 heteroatoms. The highest BCUT2D eigenvalue weighted by atomic mass is 32.2. The van der Waals surface area contributed by atoms with Crippen molar-refractivity contribution in [3.8, 4) is 5.75 Å². The van der Waals surface area contributed by atoms with Crippen LogP contribution in [0.25, 0.3) is 6.08 Å². The van der Waals surface area contributed by atoms with Gasteiger partial charge in [0.05, 0.1) is 4.91 Å². The Labute approximate surface area is 194 Å². The van der Waals surface area contributed by atoms with E-state index < -0.39 is 24.2 Å². The van der Waals surface area contributed by atoms with Gasteiger partial charge in [-0.05, 0) is 36.4 Å². The fraction of sp³-hybridized carbons (Fsp3) is 0.150. The van der Waals surface area contributed by atoms with E-state index in [0.717, 1.165) is 16.7 Å². The molecule has 1 N–H and O–H groups in total. The number of para-hydroxylation sites is 1. The molecule has 1 aliphatic heterocycles. The number of anilines is 1. The Kier molecular flexibility index (Phi) is 8.15. The number of benzene rings is 2. The average molecular weight is 503 g/mol. The van der Waals surface area contributed by atoms with Crippen LogP contribution in [0.3, 0.4) is 0 Å². The van der Waals surface area contributed by atoms with Gasteiger partial charge in [-0.15, -0.1) is 0 Å². The third-order valence-electron chi connectivity index (χ3n) is 3.96. The number of thioether (sulfide) groups is 2.